The average Bonchev–Trinajstić information content (AvgIpc) is 2.61. The van der Waals surface area contributed by atoms with Crippen LogP contribution >= 0.6 is 0 Å². The second-order valence-corrected chi connectivity index (χ2v) is 4.72. The molecule has 0 fully saturated rings. The Balaban J connectivity index is 2.63. The molecule has 2 N–H and O–H groups in total. The molecule has 0 unspecified atom stereocenters. The maximum absolute atomic E-state index is 11.9. The van der Waals surface area contributed by atoms with Gasteiger partial charge >= 0.3 is 5.97 Å². The molecule has 0 aliphatic rings. The van der Waals surface area contributed by atoms with E-state index in [1.165, 1.54) is 7.11 Å². The Morgan fingerprint density at radius 2 is 2.26 bits per heavy atom. The van der Waals surface area contributed by atoms with Gasteiger partial charge < -0.3 is 19.7 Å². The monoisotopic (exact) mass is 270 g/mol. The Hall–Kier alpha value is -1.89. The highest BCUT2D eigenvalue weighted by atomic mass is 16.5. The number of carboxylic acids is 1. The van der Waals surface area contributed by atoms with Crippen molar-refractivity contribution in [2.75, 3.05) is 13.7 Å². The highest BCUT2D eigenvalue weighted by Crippen LogP contribution is 2.11. The van der Waals surface area contributed by atoms with Gasteiger partial charge in [0.15, 0.2) is 0 Å². The van der Waals surface area contributed by atoms with Gasteiger partial charge in [0.2, 0.25) is 5.91 Å². The molecule has 7 nitrogen and oxygen atoms in total. The fraction of sp³-hybridized carbons (Fsp3) is 0.583. The minimum Gasteiger partial charge on any atom is -0.481 e. The number of carbonyl (C=O) groups is 2. The lowest BCUT2D eigenvalue weighted by Gasteiger charge is -2.28. The molecule has 0 aromatic carbocycles. The Labute approximate surface area is 110 Å². The Bertz CT molecular complexity index is 457. The lowest BCUT2D eigenvalue weighted by Crippen LogP contribution is -2.51. The number of amides is 1. The number of methoxy groups -OCH3 is 1. The van der Waals surface area contributed by atoms with E-state index in [2.05, 4.69) is 10.5 Å². The van der Waals surface area contributed by atoms with Crippen LogP contribution in [0.4, 0.5) is 0 Å². The van der Waals surface area contributed by atoms with E-state index >= 15 is 0 Å². The first kappa shape index (κ1) is 15.2. The molecule has 1 rings (SSSR count). The molecule has 0 bridgehead atoms. The number of aryl methyl sites for hydroxylation is 1. The molecule has 1 aromatic heterocycles. The molecule has 0 spiro atoms. The maximum Gasteiger partial charge on any atom is 0.305 e. The van der Waals surface area contributed by atoms with Gasteiger partial charge in [-0.05, 0) is 13.8 Å². The number of carbonyl (C=O) groups excluding carboxylic acids is 1. The largest absolute Gasteiger partial charge is 0.481 e. The van der Waals surface area contributed by atoms with E-state index in [0.717, 1.165) is 0 Å². The van der Waals surface area contributed by atoms with Crippen molar-refractivity contribution in [3.05, 3.63) is 17.5 Å². The van der Waals surface area contributed by atoms with Crippen LogP contribution in [0.25, 0.3) is 0 Å². The molecule has 0 saturated carbocycles. The van der Waals surface area contributed by atoms with Crippen molar-refractivity contribution in [1.82, 2.24) is 10.5 Å². The van der Waals surface area contributed by atoms with Crippen LogP contribution in [0.1, 0.15) is 24.8 Å². The number of carboxylic acid groups (broad SMARTS) is 1. The molecule has 19 heavy (non-hydrogen) atoms. The third kappa shape index (κ3) is 5.09. The summed E-state index contributed by atoms with van der Waals surface area (Å²) in [6.07, 6.45) is -0.180. The molecule has 0 aliphatic heterocycles. The number of hydrogen-bond acceptors (Lipinski definition) is 5. The second kappa shape index (κ2) is 6.33. The average molecular weight is 270 g/mol. The first-order valence-electron chi connectivity index (χ1n) is 5.78. The Morgan fingerprint density at radius 3 is 2.74 bits per heavy atom. The van der Waals surface area contributed by atoms with Crippen LogP contribution in [0, 0.1) is 6.92 Å². The smallest absolute Gasteiger partial charge is 0.305 e. The van der Waals surface area contributed by atoms with Crippen molar-refractivity contribution in [3.8, 4) is 0 Å². The number of nitrogens with one attached hydrogen (secondary N) is 1. The number of rotatable bonds is 7. The van der Waals surface area contributed by atoms with Crippen LogP contribution in [0.15, 0.2) is 10.6 Å². The van der Waals surface area contributed by atoms with Crippen LogP contribution in [0.2, 0.25) is 0 Å². The molecule has 1 atom stereocenters. The molecule has 7 heteroatoms. The normalized spacial score (nSPS) is 13.8. The van der Waals surface area contributed by atoms with E-state index in [1.54, 1.807) is 19.9 Å². The minimum atomic E-state index is -1.00. The summed E-state index contributed by atoms with van der Waals surface area (Å²) in [7, 11) is 1.45. The molecule has 1 heterocycles. The van der Waals surface area contributed by atoms with E-state index < -0.39 is 11.5 Å². The van der Waals surface area contributed by atoms with Gasteiger partial charge in [-0.15, -0.1) is 0 Å². The summed E-state index contributed by atoms with van der Waals surface area (Å²) in [6, 6.07) is 1.66. The highest BCUT2D eigenvalue weighted by Gasteiger charge is 2.29. The van der Waals surface area contributed by atoms with E-state index in [4.69, 9.17) is 14.4 Å². The maximum atomic E-state index is 11.9. The van der Waals surface area contributed by atoms with Crippen molar-refractivity contribution in [2.45, 2.75) is 32.2 Å². The summed E-state index contributed by atoms with van der Waals surface area (Å²) < 4.78 is 9.81. The van der Waals surface area contributed by atoms with Crippen molar-refractivity contribution < 1.29 is 24.0 Å². The SMILES string of the molecule is COC[C@@](C)(CC(=O)O)NC(=O)Cc1cc(C)on1. The first-order valence-corrected chi connectivity index (χ1v) is 5.78. The summed E-state index contributed by atoms with van der Waals surface area (Å²) in [5.41, 5.74) is -0.443. The van der Waals surface area contributed by atoms with Gasteiger partial charge in [0.1, 0.15) is 5.76 Å². The summed E-state index contributed by atoms with van der Waals surface area (Å²) in [5.74, 6) is -0.709. The van der Waals surface area contributed by atoms with Gasteiger partial charge in [0.25, 0.3) is 0 Å². The van der Waals surface area contributed by atoms with Crippen LogP contribution < -0.4 is 5.32 Å². The number of ether oxygens (including phenoxy) is 1. The number of hydrogen-bond donors (Lipinski definition) is 2. The molecule has 0 radical (unpaired) electrons. The lowest BCUT2D eigenvalue weighted by molar-refractivity contribution is -0.139. The predicted molar refractivity (Wildman–Crippen MR) is 65.6 cm³/mol. The fourth-order valence-corrected chi connectivity index (χ4v) is 1.83. The van der Waals surface area contributed by atoms with Crippen LogP contribution in [-0.2, 0) is 20.7 Å². The topological polar surface area (TPSA) is 102 Å². The van der Waals surface area contributed by atoms with Gasteiger partial charge in [0.05, 0.1) is 30.7 Å². The molecular formula is C12H18N2O5. The molecule has 0 aliphatic carbocycles. The van der Waals surface area contributed by atoms with E-state index in [9.17, 15) is 9.59 Å². The van der Waals surface area contributed by atoms with Gasteiger partial charge in [-0.3, -0.25) is 9.59 Å². The van der Waals surface area contributed by atoms with E-state index in [0.29, 0.717) is 11.5 Å². The van der Waals surface area contributed by atoms with Crippen LogP contribution in [0.3, 0.4) is 0 Å². The summed E-state index contributed by atoms with van der Waals surface area (Å²) >= 11 is 0. The molecule has 0 saturated heterocycles. The second-order valence-electron chi connectivity index (χ2n) is 4.72. The van der Waals surface area contributed by atoms with E-state index in [-0.39, 0.29) is 25.4 Å². The van der Waals surface area contributed by atoms with Gasteiger partial charge in [0, 0.05) is 13.2 Å². The quantitative estimate of drug-likeness (QED) is 0.749. The third-order valence-corrected chi connectivity index (χ3v) is 2.46. The number of nitrogens with zero attached hydrogens (tertiary/aromatic N) is 1. The first-order chi connectivity index (χ1) is 8.84. The third-order valence-electron chi connectivity index (χ3n) is 2.46. The molecular weight excluding hydrogens is 252 g/mol. The van der Waals surface area contributed by atoms with Gasteiger partial charge in [-0.2, -0.15) is 0 Å². The van der Waals surface area contributed by atoms with Crippen LogP contribution in [-0.4, -0.2) is 41.4 Å². The van der Waals surface area contributed by atoms with Gasteiger partial charge in [-0.1, -0.05) is 5.16 Å². The molecule has 1 amide bonds. The Kier molecular flexibility index (Phi) is 5.05. The van der Waals surface area contributed by atoms with Crippen molar-refractivity contribution in [2.24, 2.45) is 0 Å². The highest BCUT2D eigenvalue weighted by molar-refractivity contribution is 5.80. The summed E-state index contributed by atoms with van der Waals surface area (Å²) in [5, 5.41) is 15.2. The standard InChI is InChI=1S/C12H18N2O5/c1-8-4-9(14-19-8)5-10(15)13-12(2,7-18-3)6-11(16)17/h4H,5-7H2,1-3H3,(H,13,15)(H,16,17)/t12-/m1/s1. The molecule has 1 aromatic rings. The zero-order valence-corrected chi connectivity index (χ0v) is 11.2. The lowest BCUT2D eigenvalue weighted by atomic mass is 9.98. The number of aromatic nitrogens is 1. The summed E-state index contributed by atoms with van der Waals surface area (Å²) in [6.45, 7) is 3.47. The number of aliphatic carboxylic acids is 1. The zero-order valence-electron chi connectivity index (χ0n) is 11.2. The van der Waals surface area contributed by atoms with Crippen molar-refractivity contribution in [1.29, 1.82) is 0 Å². The minimum absolute atomic E-state index is 0.0380. The van der Waals surface area contributed by atoms with Gasteiger partial charge in [-0.25, -0.2) is 0 Å². The summed E-state index contributed by atoms with van der Waals surface area (Å²) in [4.78, 5) is 22.7. The van der Waals surface area contributed by atoms with E-state index in [1.807, 2.05) is 0 Å². The zero-order chi connectivity index (χ0) is 14.5. The Morgan fingerprint density at radius 1 is 1.58 bits per heavy atom. The van der Waals surface area contributed by atoms with Crippen molar-refractivity contribution in [3.63, 3.8) is 0 Å². The van der Waals surface area contributed by atoms with Crippen LogP contribution in [0.5, 0.6) is 0 Å². The van der Waals surface area contributed by atoms with Crippen molar-refractivity contribution >= 4 is 11.9 Å². The predicted octanol–water partition coefficient (Wildman–Crippen LogP) is 0.522. The molecule has 106 valence electrons. The fourth-order valence-electron chi connectivity index (χ4n) is 1.83.